The Morgan fingerprint density at radius 2 is 1.79 bits per heavy atom. The van der Waals surface area contributed by atoms with E-state index >= 15 is 0 Å². The summed E-state index contributed by atoms with van der Waals surface area (Å²) in [5.74, 6) is -0.736. The largest absolute Gasteiger partial charge is 0.465 e. The fourth-order valence-corrected chi connectivity index (χ4v) is 6.44. The summed E-state index contributed by atoms with van der Waals surface area (Å²) in [6, 6.07) is 5.19. The van der Waals surface area contributed by atoms with E-state index in [4.69, 9.17) is 9.26 Å². The van der Waals surface area contributed by atoms with Crippen molar-refractivity contribution in [2.45, 2.75) is 44.4 Å². The van der Waals surface area contributed by atoms with Gasteiger partial charge in [-0.3, -0.25) is 4.79 Å². The number of carbonyl (C=O) groups is 2. The van der Waals surface area contributed by atoms with Crippen LogP contribution in [0.3, 0.4) is 0 Å². The first kappa shape index (κ1) is 24.2. The monoisotopic (exact) mass is 490 g/mol. The first-order valence-corrected chi connectivity index (χ1v) is 12.9. The molecule has 2 fully saturated rings. The van der Waals surface area contributed by atoms with Gasteiger partial charge in [0.15, 0.2) is 5.76 Å². The lowest BCUT2D eigenvalue weighted by molar-refractivity contribution is -0.120. The number of aryl methyl sites for hydroxylation is 2. The zero-order chi connectivity index (χ0) is 24.5. The SMILES string of the molecule is COC(=O)c1ccc(N2CCCC2)c(NC(=O)C2CCN(S(=O)(=O)c3c(C)noc3C)CC2)c1. The fourth-order valence-electron chi connectivity index (χ4n) is 4.68. The molecule has 1 aromatic heterocycles. The van der Waals surface area contributed by atoms with Crippen molar-refractivity contribution >= 4 is 33.3 Å². The van der Waals surface area contributed by atoms with Gasteiger partial charge < -0.3 is 19.5 Å². The second kappa shape index (κ2) is 9.75. The summed E-state index contributed by atoms with van der Waals surface area (Å²) in [4.78, 5) is 27.5. The molecule has 0 unspecified atom stereocenters. The molecule has 2 aromatic rings. The van der Waals surface area contributed by atoms with E-state index in [1.165, 1.54) is 11.4 Å². The zero-order valence-electron chi connectivity index (χ0n) is 19.7. The van der Waals surface area contributed by atoms with Gasteiger partial charge in [-0.1, -0.05) is 5.16 Å². The van der Waals surface area contributed by atoms with Gasteiger partial charge in [-0.05, 0) is 57.7 Å². The van der Waals surface area contributed by atoms with E-state index in [1.807, 2.05) is 6.07 Å². The van der Waals surface area contributed by atoms with Crippen molar-refractivity contribution in [3.8, 4) is 0 Å². The molecule has 1 amide bonds. The van der Waals surface area contributed by atoms with Gasteiger partial charge in [-0.2, -0.15) is 4.31 Å². The van der Waals surface area contributed by atoms with Crippen molar-refractivity contribution in [1.82, 2.24) is 9.46 Å². The standard InChI is InChI=1S/C23H30N4O6S/c1-15-21(16(2)33-25-15)34(30,31)27-12-8-17(9-13-27)22(28)24-19-14-18(23(29)32-3)6-7-20(19)26-10-4-5-11-26/h6-7,14,17H,4-5,8-13H2,1-3H3,(H,24,28). The topological polar surface area (TPSA) is 122 Å². The summed E-state index contributed by atoms with van der Waals surface area (Å²) in [5.41, 5.74) is 2.14. The average molecular weight is 491 g/mol. The molecule has 4 rings (SSSR count). The maximum absolute atomic E-state index is 13.1. The molecule has 0 saturated carbocycles. The van der Waals surface area contributed by atoms with Crippen LogP contribution >= 0.6 is 0 Å². The van der Waals surface area contributed by atoms with E-state index < -0.39 is 16.0 Å². The molecule has 0 bridgehead atoms. The maximum Gasteiger partial charge on any atom is 0.337 e. The van der Waals surface area contributed by atoms with E-state index in [2.05, 4.69) is 15.4 Å². The number of aromatic nitrogens is 1. The number of hydrogen-bond donors (Lipinski definition) is 1. The molecule has 2 saturated heterocycles. The summed E-state index contributed by atoms with van der Waals surface area (Å²) in [6.07, 6.45) is 2.93. The van der Waals surface area contributed by atoms with Crippen molar-refractivity contribution in [1.29, 1.82) is 0 Å². The number of sulfonamides is 1. The maximum atomic E-state index is 13.1. The third kappa shape index (κ3) is 4.67. The molecule has 0 atom stereocenters. The number of carbonyl (C=O) groups excluding carboxylic acids is 2. The quantitative estimate of drug-likeness (QED) is 0.614. The summed E-state index contributed by atoms with van der Waals surface area (Å²) in [6.45, 7) is 5.41. The van der Waals surface area contributed by atoms with E-state index in [1.54, 1.807) is 26.0 Å². The number of benzene rings is 1. The molecule has 3 heterocycles. The molecular weight excluding hydrogens is 460 g/mol. The van der Waals surface area contributed by atoms with E-state index in [-0.39, 0.29) is 35.6 Å². The molecule has 1 N–H and O–H groups in total. The fraction of sp³-hybridized carbons (Fsp3) is 0.522. The van der Waals surface area contributed by atoms with Crippen LogP contribution in [0.1, 0.15) is 47.5 Å². The number of methoxy groups -OCH3 is 1. The van der Waals surface area contributed by atoms with Crippen molar-refractivity contribution in [3.63, 3.8) is 0 Å². The number of nitrogens with one attached hydrogen (secondary N) is 1. The van der Waals surface area contributed by atoms with Gasteiger partial charge in [0, 0.05) is 32.1 Å². The number of nitrogens with zero attached hydrogens (tertiary/aromatic N) is 3. The molecular formula is C23H30N4O6S. The van der Waals surface area contributed by atoms with E-state index in [9.17, 15) is 18.0 Å². The number of piperidine rings is 1. The predicted molar refractivity (Wildman–Crippen MR) is 125 cm³/mol. The lowest BCUT2D eigenvalue weighted by Gasteiger charge is -2.31. The second-order valence-corrected chi connectivity index (χ2v) is 10.6. The van der Waals surface area contributed by atoms with Gasteiger partial charge in [0.05, 0.1) is 24.0 Å². The Morgan fingerprint density at radius 1 is 1.12 bits per heavy atom. The highest BCUT2D eigenvalue weighted by atomic mass is 32.2. The smallest absolute Gasteiger partial charge is 0.337 e. The van der Waals surface area contributed by atoms with Gasteiger partial charge in [-0.15, -0.1) is 0 Å². The molecule has 34 heavy (non-hydrogen) atoms. The minimum Gasteiger partial charge on any atom is -0.465 e. The Kier molecular flexibility index (Phi) is 6.94. The van der Waals surface area contributed by atoms with Crippen molar-refractivity contribution in [3.05, 3.63) is 35.2 Å². The summed E-state index contributed by atoms with van der Waals surface area (Å²) < 4.78 is 37.4. The molecule has 0 radical (unpaired) electrons. The van der Waals surface area contributed by atoms with Crippen molar-refractivity contribution in [2.75, 3.05) is 43.5 Å². The lowest BCUT2D eigenvalue weighted by Crippen LogP contribution is -2.41. The van der Waals surface area contributed by atoms with Crippen molar-refractivity contribution < 1.29 is 27.3 Å². The second-order valence-electron chi connectivity index (χ2n) is 8.74. The van der Waals surface area contributed by atoms with E-state index in [0.717, 1.165) is 31.6 Å². The zero-order valence-corrected chi connectivity index (χ0v) is 20.5. The van der Waals surface area contributed by atoms with E-state index in [0.29, 0.717) is 29.8 Å². The van der Waals surface area contributed by atoms with Crippen LogP contribution in [0, 0.1) is 19.8 Å². The lowest BCUT2D eigenvalue weighted by atomic mass is 9.97. The van der Waals surface area contributed by atoms with Crippen LogP contribution in [0.15, 0.2) is 27.6 Å². The number of rotatable bonds is 6. The number of ether oxygens (including phenoxy) is 1. The highest BCUT2D eigenvalue weighted by Crippen LogP contribution is 2.32. The number of hydrogen-bond acceptors (Lipinski definition) is 8. The van der Waals surface area contributed by atoms with Crippen LogP contribution in [0.5, 0.6) is 0 Å². The van der Waals surface area contributed by atoms with Gasteiger partial charge in [-0.25, -0.2) is 13.2 Å². The van der Waals surface area contributed by atoms with Crippen LogP contribution in [0.25, 0.3) is 0 Å². The summed E-state index contributed by atoms with van der Waals surface area (Å²) >= 11 is 0. The van der Waals surface area contributed by atoms with Crippen LogP contribution in [-0.4, -0.2) is 63.0 Å². The van der Waals surface area contributed by atoms with Gasteiger partial charge in [0.2, 0.25) is 15.9 Å². The van der Waals surface area contributed by atoms with Crippen LogP contribution in [0.4, 0.5) is 11.4 Å². The highest BCUT2D eigenvalue weighted by molar-refractivity contribution is 7.89. The van der Waals surface area contributed by atoms with Crippen LogP contribution in [-0.2, 0) is 19.6 Å². The molecule has 0 spiro atoms. The summed E-state index contributed by atoms with van der Waals surface area (Å²) in [7, 11) is -2.42. The van der Waals surface area contributed by atoms with Crippen molar-refractivity contribution in [2.24, 2.45) is 5.92 Å². The number of anilines is 2. The first-order valence-electron chi connectivity index (χ1n) is 11.4. The minimum atomic E-state index is -3.74. The minimum absolute atomic E-state index is 0.102. The molecule has 11 heteroatoms. The molecule has 2 aliphatic heterocycles. The Bertz CT molecular complexity index is 1160. The average Bonchev–Trinajstić information content (AvgIpc) is 3.48. The molecule has 10 nitrogen and oxygen atoms in total. The predicted octanol–water partition coefficient (Wildman–Crippen LogP) is 2.72. The number of esters is 1. The Hall–Kier alpha value is -2.92. The molecule has 184 valence electrons. The Labute approximate surface area is 199 Å². The first-order chi connectivity index (χ1) is 16.2. The van der Waals surface area contributed by atoms with Gasteiger partial charge in [0.25, 0.3) is 0 Å². The van der Waals surface area contributed by atoms with Crippen LogP contribution in [0.2, 0.25) is 0 Å². The third-order valence-corrected chi connectivity index (χ3v) is 8.66. The van der Waals surface area contributed by atoms with Gasteiger partial charge >= 0.3 is 5.97 Å². The normalized spacial score (nSPS) is 17.7. The third-order valence-electron chi connectivity index (χ3n) is 6.51. The molecule has 1 aromatic carbocycles. The molecule has 2 aliphatic rings. The Morgan fingerprint density at radius 3 is 2.38 bits per heavy atom. The Balaban J connectivity index is 1.47. The highest BCUT2D eigenvalue weighted by Gasteiger charge is 2.35. The summed E-state index contributed by atoms with van der Waals surface area (Å²) in [5, 5.41) is 6.75. The number of amides is 1. The van der Waals surface area contributed by atoms with Crippen LogP contribution < -0.4 is 10.2 Å². The van der Waals surface area contributed by atoms with Gasteiger partial charge in [0.1, 0.15) is 10.6 Å². The molecule has 0 aliphatic carbocycles.